The molecule has 174 valence electrons. The first kappa shape index (κ1) is 26.0. The number of aromatic nitrogens is 2. The molecule has 0 aliphatic carbocycles. The Morgan fingerprint density at radius 1 is 1.19 bits per heavy atom. The number of sulfonamides is 1. The predicted octanol–water partition coefficient (Wildman–Crippen LogP) is 3.70. The van der Waals surface area contributed by atoms with Gasteiger partial charge in [0.2, 0.25) is 15.9 Å². The number of fused-ring (bicyclic) bond motifs is 1. The van der Waals surface area contributed by atoms with E-state index in [2.05, 4.69) is 17.2 Å². The summed E-state index contributed by atoms with van der Waals surface area (Å²) in [5.41, 5.74) is 3.15. The Hall–Kier alpha value is -2.27. The predicted molar refractivity (Wildman–Crippen MR) is 133 cm³/mol. The molecule has 3 aromatic rings. The van der Waals surface area contributed by atoms with E-state index in [1.165, 1.54) is 23.9 Å². The molecule has 0 atom stereocenters. The molecule has 0 radical (unpaired) electrons. The van der Waals surface area contributed by atoms with Crippen LogP contribution in [0.1, 0.15) is 19.8 Å². The lowest BCUT2D eigenvalue weighted by Crippen LogP contribution is -2.15. The second-order valence-corrected chi connectivity index (χ2v) is 9.88. The molecule has 0 fully saturated rings. The second-order valence-electron chi connectivity index (χ2n) is 7.37. The summed E-state index contributed by atoms with van der Waals surface area (Å²) in [6.45, 7) is 2.83. The standard InChI is InChI=1S/C21H27N5O3S2.ClH/c1-4-5-12-26-19-11-10-17(31(22,28)29)13-18(19)24-21(26)30-14-20(27)23-15-6-8-16(9-7-15)25(2)3;/h6-11,13H,4-5,12,14H2,1-3H3,(H,23,27)(H2,22,28,29);1H. The molecule has 11 heteroatoms. The number of nitrogens with one attached hydrogen (secondary N) is 1. The van der Waals surface area contributed by atoms with Crippen LogP contribution in [-0.2, 0) is 21.4 Å². The van der Waals surface area contributed by atoms with Crippen LogP contribution in [0, 0.1) is 0 Å². The average molecular weight is 498 g/mol. The van der Waals surface area contributed by atoms with Crippen LogP contribution in [0.3, 0.4) is 0 Å². The molecule has 0 unspecified atom stereocenters. The van der Waals surface area contributed by atoms with Crippen LogP contribution in [-0.4, -0.2) is 43.7 Å². The number of hydrogen-bond donors (Lipinski definition) is 2. The number of carbonyl (C=O) groups excluding carboxylic acids is 1. The molecule has 1 amide bonds. The normalized spacial score (nSPS) is 11.2. The lowest BCUT2D eigenvalue weighted by Gasteiger charge is -2.13. The quantitative estimate of drug-likeness (QED) is 0.436. The number of hydrogen-bond acceptors (Lipinski definition) is 6. The van der Waals surface area contributed by atoms with E-state index in [1.54, 1.807) is 6.07 Å². The maximum Gasteiger partial charge on any atom is 0.238 e. The molecule has 8 nitrogen and oxygen atoms in total. The fraction of sp³-hybridized carbons (Fsp3) is 0.333. The molecule has 32 heavy (non-hydrogen) atoms. The number of thioether (sulfide) groups is 1. The summed E-state index contributed by atoms with van der Waals surface area (Å²) in [7, 11) is 0.111. The highest BCUT2D eigenvalue weighted by molar-refractivity contribution is 7.99. The Bertz CT molecular complexity index is 1180. The zero-order chi connectivity index (χ0) is 22.6. The van der Waals surface area contributed by atoms with Crippen LogP contribution in [0.2, 0.25) is 0 Å². The molecule has 3 N–H and O–H groups in total. The molecule has 0 aliphatic rings. The summed E-state index contributed by atoms with van der Waals surface area (Å²) in [4.78, 5) is 19.0. The molecule has 0 saturated carbocycles. The first-order valence-electron chi connectivity index (χ1n) is 9.92. The number of imidazole rings is 1. The molecule has 0 spiro atoms. The van der Waals surface area contributed by atoms with Crippen molar-refractivity contribution in [2.75, 3.05) is 30.1 Å². The molecule has 0 saturated heterocycles. The Labute approximate surface area is 199 Å². The summed E-state index contributed by atoms with van der Waals surface area (Å²) in [6, 6.07) is 12.3. The summed E-state index contributed by atoms with van der Waals surface area (Å²) >= 11 is 1.32. The summed E-state index contributed by atoms with van der Waals surface area (Å²) < 4.78 is 25.4. The number of primary sulfonamides is 1. The van der Waals surface area contributed by atoms with E-state index in [1.807, 2.05) is 47.8 Å². The minimum atomic E-state index is -3.81. The minimum Gasteiger partial charge on any atom is -0.378 e. The summed E-state index contributed by atoms with van der Waals surface area (Å²) in [6.07, 6.45) is 1.95. The Kier molecular flexibility index (Phi) is 8.97. The van der Waals surface area contributed by atoms with Gasteiger partial charge in [-0.25, -0.2) is 18.5 Å². The number of unbranched alkanes of at least 4 members (excludes halogenated alkanes) is 1. The Morgan fingerprint density at radius 3 is 2.47 bits per heavy atom. The first-order valence-corrected chi connectivity index (χ1v) is 12.5. The van der Waals surface area contributed by atoms with Gasteiger partial charge in [-0.1, -0.05) is 25.1 Å². The van der Waals surface area contributed by atoms with Gasteiger partial charge >= 0.3 is 0 Å². The molecule has 0 bridgehead atoms. The fourth-order valence-corrected chi connectivity index (χ4v) is 4.45. The van der Waals surface area contributed by atoms with E-state index in [4.69, 9.17) is 5.14 Å². The highest BCUT2D eigenvalue weighted by atomic mass is 35.5. The number of halogens is 1. The lowest BCUT2D eigenvalue weighted by atomic mass is 10.2. The van der Waals surface area contributed by atoms with E-state index in [0.717, 1.165) is 36.3 Å². The van der Waals surface area contributed by atoms with Crippen molar-refractivity contribution < 1.29 is 13.2 Å². The second kappa shape index (κ2) is 11.0. The molecule has 1 heterocycles. The van der Waals surface area contributed by atoms with Crippen LogP contribution < -0.4 is 15.4 Å². The number of rotatable bonds is 9. The SMILES string of the molecule is CCCCn1c(SCC(=O)Nc2ccc(N(C)C)cc2)nc2cc(S(N)(=O)=O)ccc21.Cl. The van der Waals surface area contributed by atoms with Crippen LogP contribution in [0.15, 0.2) is 52.5 Å². The summed E-state index contributed by atoms with van der Waals surface area (Å²) in [5.74, 6) is 0.0503. The van der Waals surface area contributed by atoms with Crippen LogP contribution in [0.4, 0.5) is 11.4 Å². The third kappa shape index (κ3) is 6.38. The smallest absolute Gasteiger partial charge is 0.238 e. The highest BCUT2D eigenvalue weighted by Crippen LogP contribution is 2.27. The third-order valence-corrected chi connectivity index (χ3v) is 6.64. The molecular formula is C21H28ClN5O3S2. The van der Waals surface area contributed by atoms with Gasteiger partial charge in [-0.3, -0.25) is 4.79 Å². The van der Waals surface area contributed by atoms with Crippen LogP contribution in [0.25, 0.3) is 11.0 Å². The van der Waals surface area contributed by atoms with Gasteiger partial charge in [-0.2, -0.15) is 0 Å². The van der Waals surface area contributed by atoms with Crippen molar-refractivity contribution in [3.63, 3.8) is 0 Å². The van der Waals surface area contributed by atoms with Crippen LogP contribution >= 0.6 is 24.2 Å². The zero-order valence-corrected chi connectivity index (χ0v) is 20.7. The van der Waals surface area contributed by atoms with Crippen molar-refractivity contribution in [1.29, 1.82) is 0 Å². The number of anilines is 2. The van der Waals surface area contributed by atoms with Crippen molar-refractivity contribution in [2.24, 2.45) is 5.14 Å². The molecular weight excluding hydrogens is 470 g/mol. The molecule has 0 aliphatic heterocycles. The average Bonchev–Trinajstić information content (AvgIpc) is 3.07. The molecule has 2 aromatic carbocycles. The molecule has 3 rings (SSSR count). The maximum atomic E-state index is 12.5. The highest BCUT2D eigenvalue weighted by Gasteiger charge is 2.16. The Balaban J connectivity index is 0.00000363. The number of amides is 1. The first-order chi connectivity index (χ1) is 14.7. The topological polar surface area (TPSA) is 110 Å². The van der Waals surface area contributed by atoms with Gasteiger partial charge in [0.05, 0.1) is 21.7 Å². The van der Waals surface area contributed by atoms with E-state index in [0.29, 0.717) is 10.7 Å². The van der Waals surface area contributed by atoms with Gasteiger partial charge in [-0.15, -0.1) is 12.4 Å². The molecule has 1 aromatic heterocycles. The van der Waals surface area contributed by atoms with Crippen molar-refractivity contribution in [1.82, 2.24) is 9.55 Å². The summed E-state index contributed by atoms with van der Waals surface area (Å²) in [5, 5.41) is 8.81. The van der Waals surface area contributed by atoms with Crippen molar-refractivity contribution in [3.8, 4) is 0 Å². The van der Waals surface area contributed by atoms with Crippen LogP contribution in [0.5, 0.6) is 0 Å². The van der Waals surface area contributed by atoms with Gasteiger partial charge in [-0.05, 0) is 48.9 Å². The van der Waals surface area contributed by atoms with Crippen molar-refractivity contribution in [3.05, 3.63) is 42.5 Å². The van der Waals surface area contributed by atoms with E-state index >= 15 is 0 Å². The monoisotopic (exact) mass is 497 g/mol. The largest absolute Gasteiger partial charge is 0.378 e. The number of carbonyl (C=O) groups is 1. The number of nitrogens with zero attached hydrogens (tertiary/aromatic N) is 3. The van der Waals surface area contributed by atoms with Crippen molar-refractivity contribution >= 4 is 62.5 Å². The number of nitrogens with two attached hydrogens (primary N) is 1. The van der Waals surface area contributed by atoms with E-state index < -0.39 is 10.0 Å². The van der Waals surface area contributed by atoms with Crippen molar-refractivity contribution in [2.45, 2.75) is 36.4 Å². The zero-order valence-electron chi connectivity index (χ0n) is 18.2. The van der Waals surface area contributed by atoms with Gasteiger partial charge in [0, 0.05) is 32.0 Å². The maximum absolute atomic E-state index is 12.5. The number of aryl methyl sites for hydroxylation is 1. The fourth-order valence-electron chi connectivity index (χ4n) is 3.08. The number of benzene rings is 2. The van der Waals surface area contributed by atoms with Gasteiger partial charge in [0.15, 0.2) is 5.16 Å². The third-order valence-electron chi connectivity index (χ3n) is 4.75. The van der Waals surface area contributed by atoms with Gasteiger partial charge < -0.3 is 14.8 Å². The van der Waals surface area contributed by atoms with E-state index in [9.17, 15) is 13.2 Å². The minimum absolute atomic E-state index is 0. The van der Waals surface area contributed by atoms with E-state index in [-0.39, 0.29) is 29.0 Å². The van der Waals surface area contributed by atoms with Gasteiger partial charge in [0.1, 0.15) is 0 Å². The Morgan fingerprint density at radius 2 is 1.88 bits per heavy atom. The lowest BCUT2D eigenvalue weighted by molar-refractivity contribution is -0.113. The van der Waals surface area contributed by atoms with Gasteiger partial charge in [0.25, 0.3) is 0 Å².